The van der Waals surface area contributed by atoms with E-state index in [1.807, 2.05) is 12.1 Å². The zero-order chi connectivity index (χ0) is 13.2. The summed E-state index contributed by atoms with van der Waals surface area (Å²) in [5, 5.41) is 13.3. The molecular weight excluding hydrogens is 242 g/mol. The average molecular weight is 259 g/mol. The van der Waals surface area contributed by atoms with Crippen molar-refractivity contribution >= 4 is 5.69 Å². The molecule has 0 fully saturated rings. The number of ether oxygens (including phenoxy) is 2. The summed E-state index contributed by atoms with van der Waals surface area (Å²) < 4.78 is 11.6. The van der Waals surface area contributed by atoms with Gasteiger partial charge in [-0.1, -0.05) is 12.2 Å². The number of aryl methyl sites for hydroxylation is 1. The van der Waals surface area contributed by atoms with Gasteiger partial charge in [-0.3, -0.25) is 0 Å². The quantitative estimate of drug-likeness (QED) is 0.754. The van der Waals surface area contributed by atoms with Crippen molar-refractivity contribution < 1.29 is 14.6 Å². The summed E-state index contributed by atoms with van der Waals surface area (Å²) in [6.45, 7) is 2.91. The van der Waals surface area contributed by atoms with Crippen LogP contribution >= 0.6 is 0 Å². The summed E-state index contributed by atoms with van der Waals surface area (Å²) in [5.74, 6) is 1.63. The first-order chi connectivity index (χ1) is 9.15. The number of methoxy groups -OCH3 is 1. The molecule has 4 rings (SSSR count). The van der Waals surface area contributed by atoms with Gasteiger partial charge in [0.1, 0.15) is 6.10 Å². The Bertz CT molecular complexity index is 596. The Kier molecular flexibility index (Phi) is 2.03. The monoisotopic (exact) mass is 259 g/mol. The Hall–Kier alpha value is -1.68. The van der Waals surface area contributed by atoms with E-state index in [9.17, 15) is 5.11 Å². The Labute approximate surface area is 112 Å². The SMILES string of the molecule is COc1cc(C)c2c3c1OC1C[C@@H](O)C=CC31CN2. The lowest BCUT2D eigenvalue weighted by atomic mass is 9.73. The summed E-state index contributed by atoms with van der Waals surface area (Å²) in [4.78, 5) is 0. The third kappa shape index (κ3) is 1.22. The zero-order valence-electron chi connectivity index (χ0n) is 11.1. The largest absolute Gasteiger partial charge is 0.493 e. The first-order valence-electron chi connectivity index (χ1n) is 6.66. The average Bonchev–Trinajstić information content (AvgIpc) is 2.91. The maximum Gasteiger partial charge on any atom is 0.168 e. The van der Waals surface area contributed by atoms with E-state index in [4.69, 9.17) is 9.47 Å². The number of rotatable bonds is 1. The molecule has 0 bridgehead atoms. The summed E-state index contributed by atoms with van der Waals surface area (Å²) in [5.41, 5.74) is 3.41. The van der Waals surface area contributed by atoms with Gasteiger partial charge in [0.25, 0.3) is 0 Å². The topological polar surface area (TPSA) is 50.7 Å². The van der Waals surface area contributed by atoms with Gasteiger partial charge in [-0.05, 0) is 18.6 Å². The highest BCUT2D eigenvalue weighted by molar-refractivity contribution is 5.77. The van der Waals surface area contributed by atoms with Gasteiger partial charge < -0.3 is 19.9 Å². The van der Waals surface area contributed by atoms with Crippen molar-refractivity contribution in [3.63, 3.8) is 0 Å². The van der Waals surface area contributed by atoms with E-state index in [0.717, 1.165) is 18.0 Å². The minimum atomic E-state index is -0.416. The van der Waals surface area contributed by atoms with Gasteiger partial charge in [-0.25, -0.2) is 0 Å². The molecule has 2 heterocycles. The van der Waals surface area contributed by atoms with E-state index in [0.29, 0.717) is 6.42 Å². The van der Waals surface area contributed by atoms with Crippen LogP contribution in [0.25, 0.3) is 0 Å². The second kappa shape index (κ2) is 3.45. The molecule has 0 radical (unpaired) electrons. The normalized spacial score (nSPS) is 33.4. The second-order valence-corrected chi connectivity index (χ2v) is 5.64. The highest BCUT2D eigenvalue weighted by atomic mass is 16.5. The molecule has 19 heavy (non-hydrogen) atoms. The van der Waals surface area contributed by atoms with Gasteiger partial charge >= 0.3 is 0 Å². The van der Waals surface area contributed by atoms with Gasteiger partial charge in [0, 0.05) is 24.2 Å². The number of anilines is 1. The predicted molar refractivity (Wildman–Crippen MR) is 72.1 cm³/mol. The van der Waals surface area contributed by atoms with Crippen LogP contribution in [0.4, 0.5) is 5.69 Å². The van der Waals surface area contributed by atoms with E-state index in [-0.39, 0.29) is 11.5 Å². The van der Waals surface area contributed by atoms with Crippen LogP contribution in [0, 0.1) is 6.92 Å². The number of aliphatic hydroxyl groups is 1. The smallest absolute Gasteiger partial charge is 0.168 e. The first-order valence-corrected chi connectivity index (χ1v) is 6.66. The number of aliphatic hydroxyl groups excluding tert-OH is 1. The van der Waals surface area contributed by atoms with E-state index < -0.39 is 6.10 Å². The Morgan fingerprint density at radius 1 is 1.53 bits per heavy atom. The van der Waals surface area contributed by atoms with Crippen LogP contribution in [-0.2, 0) is 5.41 Å². The Balaban J connectivity index is 1.99. The number of hydrogen-bond donors (Lipinski definition) is 2. The van der Waals surface area contributed by atoms with Gasteiger partial charge in [0.2, 0.25) is 0 Å². The van der Waals surface area contributed by atoms with E-state index in [1.54, 1.807) is 7.11 Å². The molecule has 3 atom stereocenters. The molecule has 1 aromatic carbocycles. The molecule has 0 saturated heterocycles. The molecule has 100 valence electrons. The van der Waals surface area contributed by atoms with Crippen molar-refractivity contribution in [2.45, 2.75) is 31.0 Å². The molecule has 2 unspecified atom stereocenters. The van der Waals surface area contributed by atoms with Crippen molar-refractivity contribution in [1.82, 2.24) is 0 Å². The lowest BCUT2D eigenvalue weighted by Gasteiger charge is -2.32. The fraction of sp³-hybridized carbons (Fsp3) is 0.467. The molecule has 3 aliphatic rings. The molecule has 0 saturated carbocycles. The van der Waals surface area contributed by atoms with Crippen molar-refractivity contribution in [3.8, 4) is 11.5 Å². The number of nitrogens with one attached hydrogen (secondary N) is 1. The molecule has 1 aliphatic carbocycles. The molecule has 0 amide bonds. The number of benzene rings is 1. The van der Waals surface area contributed by atoms with Crippen LogP contribution in [0.2, 0.25) is 0 Å². The lowest BCUT2D eigenvalue weighted by Crippen LogP contribution is -2.43. The van der Waals surface area contributed by atoms with Crippen LogP contribution in [0.3, 0.4) is 0 Å². The van der Waals surface area contributed by atoms with E-state index in [1.165, 1.54) is 16.8 Å². The fourth-order valence-electron chi connectivity index (χ4n) is 3.64. The third-order valence-corrected chi connectivity index (χ3v) is 4.59. The molecule has 2 N–H and O–H groups in total. The molecule has 4 nitrogen and oxygen atoms in total. The van der Waals surface area contributed by atoms with Crippen molar-refractivity contribution in [2.75, 3.05) is 19.0 Å². The second-order valence-electron chi connectivity index (χ2n) is 5.64. The molecule has 4 heteroatoms. The summed E-state index contributed by atoms with van der Waals surface area (Å²) in [6.07, 6.45) is 4.21. The van der Waals surface area contributed by atoms with E-state index in [2.05, 4.69) is 18.3 Å². The Morgan fingerprint density at radius 3 is 3.16 bits per heavy atom. The summed E-state index contributed by atoms with van der Waals surface area (Å²) in [6, 6.07) is 2.01. The molecule has 0 aromatic heterocycles. The van der Waals surface area contributed by atoms with Crippen molar-refractivity contribution in [1.29, 1.82) is 0 Å². The molecule has 2 aliphatic heterocycles. The maximum atomic E-state index is 9.82. The van der Waals surface area contributed by atoms with Crippen molar-refractivity contribution in [3.05, 3.63) is 29.3 Å². The van der Waals surface area contributed by atoms with Crippen LogP contribution in [-0.4, -0.2) is 31.0 Å². The lowest BCUT2D eigenvalue weighted by molar-refractivity contribution is 0.0925. The Morgan fingerprint density at radius 2 is 2.37 bits per heavy atom. The van der Waals surface area contributed by atoms with Crippen molar-refractivity contribution in [2.24, 2.45) is 0 Å². The minimum Gasteiger partial charge on any atom is -0.493 e. The maximum absolute atomic E-state index is 9.82. The first kappa shape index (κ1) is 11.2. The van der Waals surface area contributed by atoms with Gasteiger partial charge in [0.15, 0.2) is 11.5 Å². The standard InChI is InChI=1S/C15H17NO3/c1-8-5-10(18-2)14-12-13(8)16-7-15(12)4-3-9(17)6-11(15)19-14/h3-5,9,11,16-17H,6-7H2,1-2H3/t9-,11?,15?/m0/s1. The third-order valence-electron chi connectivity index (χ3n) is 4.59. The molecule has 1 spiro atoms. The highest BCUT2D eigenvalue weighted by Gasteiger charge is 2.55. The molecule has 1 aromatic rings. The van der Waals surface area contributed by atoms with Crippen LogP contribution in [0.1, 0.15) is 17.5 Å². The van der Waals surface area contributed by atoms with Crippen LogP contribution < -0.4 is 14.8 Å². The summed E-state index contributed by atoms with van der Waals surface area (Å²) >= 11 is 0. The zero-order valence-corrected chi connectivity index (χ0v) is 11.1. The predicted octanol–water partition coefficient (Wildman–Crippen LogP) is 1.75. The minimum absolute atomic E-state index is 0.00745. The van der Waals surface area contributed by atoms with E-state index >= 15 is 0 Å². The fourth-order valence-corrected chi connectivity index (χ4v) is 3.64. The van der Waals surface area contributed by atoms with Gasteiger partial charge in [-0.2, -0.15) is 0 Å². The van der Waals surface area contributed by atoms with Gasteiger partial charge in [0.05, 0.1) is 18.6 Å². The summed E-state index contributed by atoms with van der Waals surface area (Å²) in [7, 11) is 1.67. The molecular formula is C15H17NO3. The van der Waals surface area contributed by atoms with Gasteiger partial charge in [-0.15, -0.1) is 0 Å². The highest BCUT2D eigenvalue weighted by Crippen LogP contribution is 2.58. The van der Waals surface area contributed by atoms with Crippen LogP contribution in [0.5, 0.6) is 11.5 Å². The number of hydrogen-bond acceptors (Lipinski definition) is 4. The van der Waals surface area contributed by atoms with Crippen LogP contribution in [0.15, 0.2) is 18.2 Å².